The molecule has 1 aliphatic heterocycles. The second-order valence-electron chi connectivity index (χ2n) is 8.05. The summed E-state index contributed by atoms with van der Waals surface area (Å²) in [4.78, 5) is 11.4. The molecule has 1 aliphatic rings. The molecule has 0 atom stereocenters. The topological polar surface area (TPSA) is 79.6 Å². The number of nitrogens with one attached hydrogen (secondary N) is 2. The molecule has 29 heavy (non-hydrogen) atoms. The maximum absolute atomic E-state index is 5.46. The van der Waals surface area contributed by atoms with Crippen molar-refractivity contribution in [3.8, 4) is 5.82 Å². The maximum atomic E-state index is 5.46. The molecule has 1 saturated heterocycles. The first-order valence-corrected chi connectivity index (χ1v) is 10.1. The Labute approximate surface area is 173 Å². The minimum Gasteiger partial charge on any atom is -0.379 e. The van der Waals surface area contributed by atoms with E-state index in [9.17, 15) is 0 Å². The van der Waals surface area contributed by atoms with Crippen LogP contribution in [0, 0.1) is 13.8 Å². The third-order valence-corrected chi connectivity index (χ3v) is 5.27. The highest BCUT2D eigenvalue weighted by atomic mass is 16.5. The predicted octanol–water partition coefficient (Wildman–Crippen LogP) is 1.66. The standard InChI is InChI=1S/C21H33N7O/c1-16-12-17(2)28(26-16)19-7-6-18(13-23-19)14-24-20(22-5)25-15-21(3,4)27-8-10-29-11-9-27/h6-7,12-13H,8-11,14-15H2,1-5H3,(H2,22,24,25). The minimum atomic E-state index is 0.0321. The molecule has 0 unspecified atom stereocenters. The zero-order valence-corrected chi connectivity index (χ0v) is 18.2. The molecule has 0 amide bonds. The van der Waals surface area contributed by atoms with Crippen molar-refractivity contribution < 1.29 is 4.74 Å². The van der Waals surface area contributed by atoms with Crippen LogP contribution >= 0.6 is 0 Å². The van der Waals surface area contributed by atoms with Crippen molar-refractivity contribution in [1.29, 1.82) is 0 Å². The lowest BCUT2D eigenvalue weighted by Crippen LogP contribution is -2.56. The van der Waals surface area contributed by atoms with Crippen LogP contribution in [0.15, 0.2) is 29.4 Å². The number of rotatable bonds is 6. The van der Waals surface area contributed by atoms with E-state index in [4.69, 9.17) is 4.74 Å². The van der Waals surface area contributed by atoms with Gasteiger partial charge in [-0.05, 0) is 45.4 Å². The molecular formula is C21H33N7O. The number of nitrogens with zero attached hydrogens (tertiary/aromatic N) is 5. The van der Waals surface area contributed by atoms with Gasteiger partial charge in [0.2, 0.25) is 0 Å². The van der Waals surface area contributed by atoms with Gasteiger partial charge in [0.15, 0.2) is 11.8 Å². The average molecular weight is 400 g/mol. The minimum absolute atomic E-state index is 0.0321. The number of aryl methyl sites for hydroxylation is 2. The van der Waals surface area contributed by atoms with Gasteiger partial charge in [-0.3, -0.25) is 9.89 Å². The molecule has 0 bridgehead atoms. The first-order valence-electron chi connectivity index (χ1n) is 10.1. The lowest BCUT2D eigenvalue weighted by Gasteiger charge is -2.41. The predicted molar refractivity (Wildman–Crippen MR) is 116 cm³/mol. The van der Waals surface area contributed by atoms with Gasteiger partial charge >= 0.3 is 0 Å². The molecular weight excluding hydrogens is 366 g/mol. The van der Waals surface area contributed by atoms with Crippen LogP contribution < -0.4 is 10.6 Å². The number of guanidine groups is 1. The Morgan fingerprint density at radius 2 is 1.97 bits per heavy atom. The summed E-state index contributed by atoms with van der Waals surface area (Å²) in [7, 11) is 1.79. The number of morpholine rings is 1. The van der Waals surface area contributed by atoms with Crippen molar-refractivity contribution in [3.63, 3.8) is 0 Å². The molecule has 0 saturated carbocycles. The smallest absolute Gasteiger partial charge is 0.191 e. The third kappa shape index (κ3) is 5.55. The fourth-order valence-electron chi connectivity index (χ4n) is 3.49. The molecule has 2 N–H and O–H groups in total. The molecule has 3 rings (SSSR count). The van der Waals surface area contributed by atoms with E-state index in [1.165, 1.54) is 0 Å². The molecule has 158 valence electrons. The number of pyridine rings is 1. The molecule has 0 radical (unpaired) electrons. The SMILES string of the molecule is CN=C(NCc1ccc(-n2nc(C)cc2C)nc1)NCC(C)(C)N1CCOCC1. The summed E-state index contributed by atoms with van der Waals surface area (Å²) in [5, 5.41) is 11.3. The fraction of sp³-hybridized carbons (Fsp3) is 0.571. The first-order chi connectivity index (χ1) is 13.9. The van der Waals surface area contributed by atoms with E-state index in [1.807, 2.05) is 36.9 Å². The van der Waals surface area contributed by atoms with Crippen molar-refractivity contribution in [2.75, 3.05) is 39.9 Å². The van der Waals surface area contributed by atoms with Gasteiger partial charge < -0.3 is 15.4 Å². The maximum Gasteiger partial charge on any atom is 0.191 e. The Bertz CT molecular complexity index is 820. The van der Waals surface area contributed by atoms with Crippen LogP contribution in [0.25, 0.3) is 5.82 Å². The second kappa shape index (κ2) is 9.37. The van der Waals surface area contributed by atoms with E-state index in [-0.39, 0.29) is 5.54 Å². The molecule has 2 aromatic heterocycles. The van der Waals surface area contributed by atoms with Crippen molar-refractivity contribution in [3.05, 3.63) is 41.3 Å². The van der Waals surface area contributed by atoms with Crippen molar-refractivity contribution in [1.82, 2.24) is 30.3 Å². The Morgan fingerprint density at radius 1 is 1.21 bits per heavy atom. The third-order valence-electron chi connectivity index (χ3n) is 5.27. The lowest BCUT2D eigenvalue weighted by atomic mass is 10.0. The van der Waals surface area contributed by atoms with Gasteiger partial charge in [-0.2, -0.15) is 5.10 Å². The highest BCUT2D eigenvalue weighted by Gasteiger charge is 2.28. The van der Waals surface area contributed by atoms with Gasteiger partial charge in [0, 0.05) is 50.7 Å². The Kier molecular flexibility index (Phi) is 6.87. The number of hydrogen-bond acceptors (Lipinski definition) is 5. The Morgan fingerprint density at radius 3 is 2.55 bits per heavy atom. The number of ether oxygens (including phenoxy) is 1. The van der Waals surface area contributed by atoms with Gasteiger partial charge in [0.25, 0.3) is 0 Å². The van der Waals surface area contributed by atoms with Gasteiger partial charge in [-0.15, -0.1) is 0 Å². The summed E-state index contributed by atoms with van der Waals surface area (Å²) in [6.45, 7) is 13.5. The fourth-order valence-corrected chi connectivity index (χ4v) is 3.49. The highest BCUT2D eigenvalue weighted by molar-refractivity contribution is 5.79. The van der Waals surface area contributed by atoms with Crippen LogP contribution in [0.5, 0.6) is 0 Å². The quantitative estimate of drug-likeness (QED) is 0.568. The van der Waals surface area contributed by atoms with Crippen LogP contribution in [0.4, 0.5) is 0 Å². The molecule has 3 heterocycles. The van der Waals surface area contributed by atoms with Gasteiger partial charge in [0.05, 0.1) is 18.9 Å². The molecule has 1 fully saturated rings. The molecule has 8 nitrogen and oxygen atoms in total. The number of hydrogen-bond donors (Lipinski definition) is 2. The Balaban J connectivity index is 1.52. The monoisotopic (exact) mass is 399 g/mol. The molecule has 0 aliphatic carbocycles. The first kappa shape index (κ1) is 21.3. The molecule has 0 spiro atoms. The van der Waals surface area contributed by atoms with Crippen LogP contribution in [0.3, 0.4) is 0 Å². The van der Waals surface area contributed by atoms with E-state index < -0.39 is 0 Å². The van der Waals surface area contributed by atoms with Gasteiger partial charge in [-0.1, -0.05) is 6.07 Å². The van der Waals surface area contributed by atoms with E-state index in [0.717, 1.165) is 61.6 Å². The zero-order chi connectivity index (χ0) is 20.9. The van der Waals surface area contributed by atoms with Gasteiger partial charge in [-0.25, -0.2) is 9.67 Å². The summed E-state index contributed by atoms with van der Waals surface area (Å²) in [6.07, 6.45) is 1.88. The molecule has 0 aromatic carbocycles. The van der Waals surface area contributed by atoms with E-state index in [2.05, 4.69) is 50.5 Å². The summed E-state index contributed by atoms with van der Waals surface area (Å²) >= 11 is 0. The van der Waals surface area contributed by atoms with Crippen LogP contribution in [-0.4, -0.2) is 71.1 Å². The lowest BCUT2D eigenvalue weighted by molar-refractivity contribution is -0.00834. The van der Waals surface area contributed by atoms with E-state index in [0.29, 0.717) is 6.54 Å². The number of aliphatic imine (C=N–C) groups is 1. The largest absolute Gasteiger partial charge is 0.379 e. The Hall–Kier alpha value is -2.45. The zero-order valence-electron chi connectivity index (χ0n) is 18.2. The summed E-state index contributed by atoms with van der Waals surface area (Å²) < 4.78 is 7.33. The van der Waals surface area contributed by atoms with Crippen LogP contribution in [0.1, 0.15) is 30.8 Å². The number of aromatic nitrogens is 3. The summed E-state index contributed by atoms with van der Waals surface area (Å²) in [6, 6.07) is 6.11. The van der Waals surface area contributed by atoms with Crippen LogP contribution in [0.2, 0.25) is 0 Å². The van der Waals surface area contributed by atoms with Crippen molar-refractivity contribution in [2.45, 2.75) is 39.8 Å². The normalized spacial score (nSPS) is 16.1. The van der Waals surface area contributed by atoms with Crippen LogP contribution in [-0.2, 0) is 11.3 Å². The van der Waals surface area contributed by atoms with E-state index in [1.54, 1.807) is 7.05 Å². The highest BCUT2D eigenvalue weighted by Crippen LogP contribution is 2.15. The molecule has 8 heteroatoms. The van der Waals surface area contributed by atoms with E-state index >= 15 is 0 Å². The average Bonchev–Trinajstić information content (AvgIpc) is 3.07. The molecule has 2 aromatic rings. The summed E-state index contributed by atoms with van der Waals surface area (Å²) in [5.74, 6) is 1.61. The second-order valence-corrected chi connectivity index (χ2v) is 8.05. The van der Waals surface area contributed by atoms with Crippen molar-refractivity contribution in [2.24, 2.45) is 4.99 Å². The summed E-state index contributed by atoms with van der Waals surface area (Å²) in [5.41, 5.74) is 3.19. The van der Waals surface area contributed by atoms with Crippen molar-refractivity contribution >= 4 is 5.96 Å². The van der Waals surface area contributed by atoms with Gasteiger partial charge in [0.1, 0.15) is 0 Å².